The van der Waals surface area contributed by atoms with Crippen molar-refractivity contribution in [3.63, 3.8) is 0 Å². The maximum Gasteiger partial charge on any atom is 0.0826 e. The Morgan fingerprint density at radius 1 is 1.43 bits per heavy atom. The first kappa shape index (κ1) is 10.1. The van der Waals surface area contributed by atoms with Crippen LogP contribution in [0.4, 0.5) is 0 Å². The molecule has 0 radical (unpaired) electrons. The molecule has 2 rings (SSSR count). The Morgan fingerprint density at radius 3 is 3.00 bits per heavy atom. The summed E-state index contributed by atoms with van der Waals surface area (Å²) in [5.41, 5.74) is 3.79. The molecule has 0 saturated carbocycles. The van der Waals surface area contributed by atoms with Crippen molar-refractivity contribution in [2.24, 2.45) is 5.92 Å². The van der Waals surface area contributed by atoms with E-state index < -0.39 is 0 Å². The highest BCUT2D eigenvalue weighted by Gasteiger charge is 2.23. The highest BCUT2D eigenvalue weighted by molar-refractivity contribution is 7.98. The fourth-order valence-electron chi connectivity index (χ4n) is 1.94. The Labute approximate surface area is 89.5 Å². The van der Waals surface area contributed by atoms with Gasteiger partial charge in [-0.15, -0.1) is 0 Å². The van der Waals surface area contributed by atoms with Crippen molar-refractivity contribution >= 4 is 11.8 Å². The number of thioether (sulfide) groups is 1. The molecule has 2 heteroatoms. The minimum absolute atomic E-state index is 0.278. The molecule has 2 atom stereocenters. The van der Waals surface area contributed by atoms with E-state index in [1.165, 1.54) is 11.1 Å². The molecule has 0 fully saturated rings. The fraction of sp³-hybridized carbons (Fsp3) is 0.500. The predicted octanol–water partition coefficient (Wildman–Crippen LogP) is 2.91. The maximum absolute atomic E-state index is 10.1. The van der Waals surface area contributed by atoms with E-state index in [-0.39, 0.29) is 6.10 Å². The van der Waals surface area contributed by atoms with Gasteiger partial charge in [-0.05, 0) is 35.3 Å². The van der Waals surface area contributed by atoms with E-state index >= 15 is 0 Å². The zero-order valence-corrected chi connectivity index (χ0v) is 9.47. The predicted molar refractivity (Wildman–Crippen MR) is 61.5 cm³/mol. The molecule has 0 spiro atoms. The Bertz CT molecular complexity index is 335. The van der Waals surface area contributed by atoms with Crippen molar-refractivity contribution in [3.05, 3.63) is 34.9 Å². The van der Waals surface area contributed by atoms with Crippen molar-refractivity contribution in [1.29, 1.82) is 0 Å². The molecule has 1 aromatic rings. The average molecular weight is 208 g/mol. The second-order valence-corrected chi connectivity index (χ2v) is 5.11. The molecule has 1 aliphatic heterocycles. The van der Waals surface area contributed by atoms with Gasteiger partial charge < -0.3 is 5.11 Å². The summed E-state index contributed by atoms with van der Waals surface area (Å²) in [6.45, 7) is 4.25. The summed E-state index contributed by atoms with van der Waals surface area (Å²) in [6.07, 6.45) is -0.278. The number of hydrogen-bond acceptors (Lipinski definition) is 2. The summed E-state index contributed by atoms with van der Waals surface area (Å²) in [7, 11) is 0. The molecule has 0 saturated heterocycles. The van der Waals surface area contributed by atoms with Gasteiger partial charge in [0.15, 0.2) is 0 Å². The van der Waals surface area contributed by atoms with Crippen molar-refractivity contribution < 1.29 is 5.11 Å². The van der Waals surface area contributed by atoms with Gasteiger partial charge in [0.25, 0.3) is 0 Å². The lowest BCUT2D eigenvalue weighted by molar-refractivity contribution is 0.129. The monoisotopic (exact) mass is 208 g/mol. The van der Waals surface area contributed by atoms with Crippen LogP contribution in [0.3, 0.4) is 0 Å². The highest BCUT2D eigenvalue weighted by atomic mass is 32.2. The Kier molecular flexibility index (Phi) is 2.84. The zero-order valence-electron chi connectivity index (χ0n) is 8.66. The van der Waals surface area contributed by atoms with E-state index in [4.69, 9.17) is 0 Å². The van der Waals surface area contributed by atoms with Gasteiger partial charge in [0.05, 0.1) is 6.10 Å². The number of aliphatic hydroxyl groups excluding tert-OH is 1. The van der Waals surface area contributed by atoms with E-state index in [2.05, 4.69) is 26.0 Å². The quantitative estimate of drug-likeness (QED) is 0.707. The Balaban J connectivity index is 2.48. The molecule has 0 bridgehead atoms. The second kappa shape index (κ2) is 3.95. The molecule has 14 heavy (non-hydrogen) atoms. The van der Waals surface area contributed by atoms with Crippen LogP contribution < -0.4 is 0 Å². The van der Waals surface area contributed by atoms with Crippen LogP contribution in [0.2, 0.25) is 0 Å². The van der Waals surface area contributed by atoms with Gasteiger partial charge in [0, 0.05) is 5.75 Å². The van der Waals surface area contributed by atoms with Gasteiger partial charge in [-0.3, -0.25) is 0 Å². The summed E-state index contributed by atoms with van der Waals surface area (Å²) in [5, 5.41) is 10.1. The van der Waals surface area contributed by atoms with Gasteiger partial charge in [-0.25, -0.2) is 0 Å². The van der Waals surface area contributed by atoms with Crippen molar-refractivity contribution in [2.45, 2.75) is 25.7 Å². The van der Waals surface area contributed by atoms with E-state index in [0.717, 1.165) is 17.1 Å². The third kappa shape index (κ3) is 1.69. The van der Waals surface area contributed by atoms with Gasteiger partial charge in [-0.1, -0.05) is 25.1 Å². The number of fused-ring (bicyclic) bond motifs is 1. The Hall–Kier alpha value is -0.470. The van der Waals surface area contributed by atoms with Crippen molar-refractivity contribution in [1.82, 2.24) is 0 Å². The van der Waals surface area contributed by atoms with Gasteiger partial charge >= 0.3 is 0 Å². The van der Waals surface area contributed by atoms with E-state index in [1.807, 2.05) is 17.8 Å². The number of rotatable bonds is 0. The third-order valence-corrected chi connectivity index (χ3v) is 4.19. The van der Waals surface area contributed by atoms with Crippen molar-refractivity contribution in [3.8, 4) is 0 Å². The van der Waals surface area contributed by atoms with E-state index in [1.54, 1.807) is 0 Å². The summed E-state index contributed by atoms with van der Waals surface area (Å²) in [6, 6.07) is 6.23. The molecule has 2 unspecified atom stereocenters. The summed E-state index contributed by atoms with van der Waals surface area (Å²) >= 11 is 1.92. The van der Waals surface area contributed by atoms with Gasteiger partial charge in [0.1, 0.15) is 0 Å². The van der Waals surface area contributed by atoms with Crippen LogP contribution in [-0.4, -0.2) is 10.9 Å². The molecule has 1 aromatic carbocycles. The lowest BCUT2D eigenvalue weighted by atomic mass is 9.93. The third-order valence-electron chi connectivity index (χ3n) is 2.93. The number of aliphatic hydroxyl groups is 1. The average Bonchev–Trinajstić information content (AvgIpc) is 2.31. The van der Waals surface area contributed by atoms with E-state index in [9.17, 15) is 5.11 Å². The van der Waals surface area contributed by atoms with Crippen LogP contribution in [0, 0.1) is 12.8 Å². The molecule has 76 valence electrons. The molecular formula is C12H16OS. The zero-order chi connectivity index (χ0) is 10.1. The largest absolute Gasteiger partial charge is 0.388 e. The molecule has 1 aliphatic rings. The standard InChI is InChI=1S/C12H16OS/c1-8-4-3-5-10-11(8)7-14-6-9(2)12(10)13/h3-5,9,12-13H,6-7H2,1-2H3. The molecule has 0 aliphatic carbocycles. The van der Waals surface area contributed by atoms with Crippen LogP contribution in [0.5, 0.6) is 0 Å². The van der Waals surface area contributed by atoms with Gasteiger partial charge in [-0.2, -0.15) is 11.8 Å². The first-order valence-electron chi connectivity index (χ1n) is 5.04. The first-order chi connectivity index (χ1) is 6.70. The maximum atomic E-state index is 10.1. The lowest BCUT2D eigenvalue weighted by Crippen LogP contribution is -2.10. The topological polar surface area (TPSA) is 20.2 Å². The van der Waals surface area contributed by atoms with E-state index in [0.29, 0.717) is 5.92 Å². The molecule has 1 N–H and O–H groups in total. The summed E-state index contributed by atoms with van der Waals surface area (Å²) < 4.78 is 0. The van der Waals surface area contributed by atoms with Crippen LogP contribution in [-0.2, 0) is 5.75 Å². The van der Waals surface area contributed by atoms with Crippen LogP contribution in [0.15, 0.2) is 18.2 Å². The van der Waals surface area contributed by atoms with Crippen LogP contribution in [0.1, 0.15) is 29.7 Å². The SMILES string of the molecule is Cc1cccc2c1CSCC(C)C2O. The summed E-state index contributed by atoms with van der Waals surface area (Å²) in [5.74, 6) is 2.46. The molecule has 0 amide bonds. The second-order valence-electron chi connectivity index (χ2n) is 4.08. The number of hydrogen-bond donors (Lipinski definition) is 1. The number of aryl methyl sites for hydroxylation is 1. The molecule has 0 aromatic heterocycles. The highest BCUT2D eigenvalue weighted by Crippen LogP contribution is 2.35. The first-order valence-corrected chi connectivity index (χ1v) is 6.20. The van der Waals surface area contributed by atoms with Gasteiger partial charge in [0.2, 0.25) is 0 Å². The lowest BCUT2D eigenvalue weighted by Gasteiger charge is -2.17. The molecule has 1 heterocycles. The Morgan fingerprint density at radius 2 is 2.21 bits per heavy atom. The normalized spacial score (nSPS) is 26.8. The minimum Gasteiger partial charge on any atom is -0.388 e. The van der Waals surface area contributed by atoms with Crippen LogP contribution >= 0.6 is 11.8 Å². The summed E-state index contributed by atoms with van der Waals surface area (Å²) in [4.78, 5) is 0. The minimum atomic E-state index is -0.278. The smallest absolute Gasteiger partial charge is 0.0826 e. The number of benzene rings is 1. The van der Waals surface area contributed by atoms with Crippen molar-refractivity contribution in [2.75, 3.05) is 5.75 Å². The van der Waals surface area contributed by atoms with Crippen LogP contribution in [0.25, 0.3) is 0 Å². The fourth-order valence-corrected chi connectivity index (χ4v) is 3.21. The molecule has 1 nitrogen and oxygen atoms in total. The molecular weight excluding hydrogens is 192 g/mol.